The van der Waals surface area contributed by atoms with Gasteiger partial charge in [0.1, 0.15) is 0 Å². The molecule has 18 heavy (non-hydrogen) atoms. The van der Waals surface area contributed by atoms with Gasteiger partial charge in [-0.25, -0.2) is 0 Å². The monoisotopic (exact) mass is 278 g/mol. The molecule has 1 amide bonds. The number of fused-ring (bicyclic) bond motifs is 1. The molecule has 1 atom stereocenters. The number of rotatable bonds is 1. The lowest BCUT2D eigenvalue weighted by Gasteiger charge is -2.29. The number of hydrogen-bond donors (Lipinski definition) is 0. The van der Waals surface area contributed by atoms with E-state index in [0.29, 0.717) is 19.7 Å². The van der Waals surface area contributed by atoms with Crippen LogP contribution >= 0.6 is 22.7 Å². The summed E-state index contributed by atoms with van der Waals surface area (Å²) in [6.07, 6.45) is -0.497. The summed E-state index contributed by atoms with van der Waals surface area (Å²) in [5.74, 6) is 0.00644. The van der Waals surface area contributed by atoms with Crippen molar-refractivity contribution in [1.29, 1.82) is 5.26 Å². The maximum atomic E-state index is 12.3. The SMILES string of the molecule is N#CC1CN(C(=O)c2cc3sccc3s2)CCO1. The Labute approximate surface area is 112 Å². The molecule has 2 aromatic heterocycles. The number of nitriles is 1. The predicted molar refractivity (Wildman–Crippen MR) is 71.0 cm³/mol. The molecule has 1 saturated heterocycles. The number of hydrogen-bond acceptors (Lipinski definition) is 5. The van der Waals surface area contributed by atoms with Gasteiger partial charge in [0.05, 0.1) is 24.1 Å². The lowest BCUT2D eigenvalue weighted by molar-refractivity contribution is 0.00370. The van der Waals surface area contributed by atoms with Crippen molar-refractivity contribution in [2.24, 2.45) is 0 Å². The highest BCUT2D eigenvalue weighted by molar-refractivity contribution is 7.27. The van der Waals surface area contributed by atoms with Crippen LogP contribution in [-0.4, -0.2) is 36.6 Å². The van der Waals surface area contributed by atoms with E-state index >= 15 is 0 Å². The number of amides is 1. The van der Waals surface area contributed by atoms with Crippen LogP contribution in [0.2, 0.25) is 0 Å². The number of ether oxygens (including phenoxy) is 1. The first-order valence-electron chi connectivity index (χ1n) is 5.55. The number of nitrogens with zero attached hydrogens (tertiary/aromatic N) is 2. The van der Waals surface area contributed by atoms with Crippen molar-refractivity contribution in [3.8, 4) is 6.07 Å². The minimum absolute atomic E-state index is 0.00644. The summed E-state index contributed by atoms with van der Waals surface area (Å²) in [5.41, 5.74) is 0. The average molecular weight is 278 g/mol. The Morgan fingerprint density at radius 3 is 3.22 bits per heavy atom. The zero-order valence-corrected chi connectivity index (χ0v) is 11.1. The number of morpholine rings is 1. The Morgan fingerprint density at radius 2 is 2.44 bits per heavy atom. The smallest absolute Gasteiger partial charge is 0.264 e. The third-order valence-corrected chi connectivity index (χ3v) is 4.93. The van der Waals surface area contributed by atoms with E-state index in [-0.39, 0.29) is 5.91 Å². The quantitative estimate of drug-likeness (QED) is 0.804. The fourth-order valence-corrected chi connectivity index (χ4v) is 4.02. The van der Waals surface area contributed by atoms with Crippen LogP contribution in [0.5, 0.6) is 0 Å². The van der Waals surface area contributed by atoms with Crippen LogP contribution in [-0.2, 0) is 4.74 Å². The zero-order chi connectivity index (χ0) is 12.5. The second kappa shape index (κ2) is 4.69. The molecule has 92 valence electrons. The second-order valence-electron chi connectivity index (χ2n) is 4.00. The van der Waals surface area contributed by atoms with Crippen molar-refractivity contribution in [3.05, 3.63) is 22.4 Å². The molecule has 1 unspecified atom stereocenters. The van der Waals surface area contributed by atoms with Gasteiger partial charge in [0.2, 0.25) is 0 Å². The highest BCUT2D eigenvalue weighted by Gasteiger charge is 2.25. The Hall–Kier alpha value is -1.42. The standard InChI is InChI=1S/C12H10N2O2S2/c13-6-8-7-14(2-3-16-8)12(15)11-5-10-9(18-11)1-4-17-10/h1,4-5,8H,2-3,7H2. The topological polar surface area (TPSA) is 53.3 Å². The molecule has 0 spiro atoms. The van der Waals surface area contributed by atoms with Crippen molar-refractivity contribution < 1.29 is 9.53 Å². The average Bonchev–Trinajstić information content (AvgIpc) is 2.98. The highest BCUT2D eigenvalue weighted by atomic mass is 32.1. The summed E-state index contributed by atoms with van der Waals surface area (Å²) in [5, 5.41) is 10.9. The largest absolute Gasteiger partial charge is 0.360 e. The summed E-state index contributed by atoms with van der Waals surface area (Å²) < 4.78 is 7.53. The fourth-order valence-electron chi connectivity index (χ4n) is 1.94. The second-order valence-corrected chi connectivity index (χ2v) is 6.03. The fraction of sp³-hybridized carbons (Fsp3) is 0.333. The molecule has 3 rings (SSSR count). The summed E-state index contributed by atoms with van der Waals surface area (Å²) in [4.78, 5) is 14.8. The van der Waals surface area contributed by atoms with Gasteiger partial charge in [-0.2, -0.15) is 5.26 Å². The Bertz CT molecular complexity index is 597. The van der Waals surface area contributed by atoms with Gasteiger partial charge in [0.15, 0.2) is 6.10 Å². The highest BCUT2D eigenvalue weighted by Crippen LogP contribution is 2.30. The molecule has 0 saturated carbocycles. The van der Waals surface area contributed by atoms with Crippen LogP contribution < -0.4 is 0 Å². The van der Waals surface area contributed by atoms with E-state index in [2.05, 4.69) is 6.07 Å². The first kappa shape index (κ1) is 11.7. The molecule has 0 bridgehead atoms. The molecule has 0 aliphatic carbocycles. The van der Waals surface area contributed by atoms with Crippen molar-refractivity contribution in [2.75, 3.05) is 19.7 Å². The Morgan fingerprint density at radius 1 is 1.56 bits per heavy atom. The predicted octanol–water partition coefficient (Wildman–Crippen LogP) is 2.33. The molecular formula is C12H10N2O2S2. The Balaban J connectivity index is 1.82. The van der Waals surface area contributed by atoms with Gasteiger partial charge in [0, 0.05) is 15.9 Å². The third-order valence-electron chi connectivity index (χ3n) is 2.85. The molecule has 0 radical (unpaired) electrons. The molecule has 6 heteroatoms. The van der Waals surface area contributed by atoms with E-state index in [9.17, 15) is 4.79 Å². The van der Waals surface area contributed by atoms with Crippen LogP contribution in [0, 0.1) is 11.3 Å². The molecule has 0 aromatic carbocycles. The normalized spacial score (nSPS) is 19.9. The molecule has 1 fully saturated rings. The summed E-state index contributed by atoms with van der Waals surface area (Å²) in [6, 6.07) is 6.01. The van der Waals surface area contributed by atoms with Gasteiger partial charge < -0.3 is 9.64 Å². The van der Waals surface area contributed by atoms with Crippen molar-refractivity contribution in [2.45, 2.75) is 6.10 Å². The van der Waals surface area contributed by atoms with E-state index in [1.165, 1.54) is 11.3 Å². The van der Waals surface area contributed by atoms with Gasteiger partial charge >= 0.3 is 0 Å². The number of thiophene rings is 2. The first-order valence-corrected chi connectivity index (χ1v) is 7.25. The van der Waals surface area contributed by atoms with Crippen molar-refractivity contribution >= 4 is 38.0 Å². The third kappa shape index (κ3) is 2.01. The maximum absolute atomic E-state index is 12.3. The van der Waals surface area contributed by atoms with E-state index in [1.807, 2.05) is 17.5 Å². The molecule has 4 nitrogen and oxygen atoms in total. The lowest BCUT2D eigenvalue weighted by Crippen LogP contribution is -2.44. The van der Waals surface area contributed by atoms with E-state index in [1.54, 1.807) is 16.2 Å². The maximum Gasteiger partial charge on any atom is 0.264 e. The molecule has 1 aliphatic rings. The number of carbonyl (C=O) groups excluding carboxylic acids is 1. The molecular weight excluding hydrogens is 268 g/mol. The minimum atomic E-state index is -0.497. The van der Waals surface area contributed by atoms with Crippen LogP contribution in [0.15, 0.2) is 17.5 Å². The minimum Gasteiger partial charge on any atom is -0.360 e. The molecule has 0 N–H and O–H groups in total. The first-order chi connectivity index (χ1) is 8.78. The zero-order valence-electron chi connectivity index (χ0n) is 9.46. The Kier molecular flexibility index (Phi) is 3.04. The molecule has 2 aromatic rings. The van der Waals surface area contributed by atoms with Crippen molar-refractivity contribution in [3.63, 3.8) is 0 Å². The lowest BCUT2D eigenvalue weighted by atomic mass is 10.2. The van der Waals surface area contributed by atoms with E-state index in [4.69, 9.17) is 10.00 Å². The van der Waals surface area contributed by atoms with Crippen LogP contribution in [0.3, 0.4) is 0 Å². The molecule has 3 heterocycles. The van der Waals surface area contributed by atoms with Crippen LogP contribution in [0.25, 0.3) is 9.40 Å². The summed E-state index contributed by atoms with van der Waals surface area (Å²) >= 11 is 3.15. The molecule has 1 aliphatic heterocycles. The van der Waals surface area contributed by atoms with Gasteiger partial charge in [-0.1, -0.05) is 0 Å². The van der Waals surface area contributed by atoms with Gasteiger partial charge in [-0.3, -0.25) is 4.79 Å². The summed E-state index contributed by atoms with van der Waals surface area (Å²) in [6.45, 7) is 1.35. The van der Waals surface area contributed by atoms with Crippen molar-refractivity contribution in [1.82, 2.24) is 4.90 Å². The van der Waals surface area contributed by atoms with Crippen LogP contribution in [0.1, 0.15) is 9.67 Å². The van der Waals surface area contributed by atoms with Crippen LogP contribution in [0.4, 0.5) is 0 Å². The van der Waals surface area contributed by atoms with Gasteiger partial charge in [0.25, 0.3) is 5.91 Å². The number of carbonyl (C=O) groups is 1. The van der Waals surface area contributed by atoms with Gasteiger partial charge in [-0.15, -0.1) is 22.7 Å². The van der Waals surface area contributed by atoms with E-state index < -0.39 is 6.10 Å². The summed E-state index contributed by atoms with van der Waals surface area (Å²) in [7, 11) is 0. The van der Waals surface area contributed by atoms with Gasteiger partial charge in [-0.05, 0) is 17.5 Å². The van der Waals surface area contributed by atoms with E-state index in [0.717, 1.165) is 14.3 Å².